The molecular formula is C15H16O3. The van der Waals surface area contributed by atoms with Crippen LogP contribution >= 0.6 is 0 Å². The predicted molar refractivity (Wildman–Crippen MR) is 69.2 cm³/mol. The van der Waals surface area contributed by atoms with Crippen molar-refractivity contribution in [2.45, 2.75) is 20.0 Å². The van der Waals surface area contributed by atoms with Crippen molar-refractivity contribution in [2.24, 2.45) is 0 Å². The number of benzene rings is 1. The maximum Gasteiger partial charge on any atom is 0.137 e. The molecule has 18 heavy (non-hydrogen) atoms. The second-order valence-electron chi connectivity index (χ2n) is 4.23. The molecule has 0 N–H and O–H groups in total. The van der Waals surface area contributed by atoms with E-state index in [0.29, 0.717) is 18.8 Å². The van der Waals surface area contributed by atoms with E-state index >= 15 is 0 Å². The van der Waals surface area contributed by atoms with Gasteiger partial charge in [-0.3, -0.25) is 4.79 Å². The molecule has 0 bridgehead atoms. The van der Waals surface area contributed by atoms with Crippen molar-refractivity contribution in [3.05, 3.63) is 47.7 Å². The molecule has 0 aliphatic heterocycles. The highest BCUT2D eigenvalue weighted by atomic mass is 16.5. The van der Waals surface area contributed by atoms with Gasteiger partial charge in [0.1, 0.15) is 17.3 Å². The van der Waals surface area contributed by atoms with E-state index in [0.717, 1.165) is 16.9 Å². The van der Waals surface area contributed by atoms with E-state index < -0.39 is 0 Å². The van der Waals surface area contributed by atoms with E-state index in [4.69, 9.17) is 9.15 Å². The lowest BCUT2D eigenvalue weighted by molar-refractivity contribution is -0.116. The Labute approximate surface area is 106 Å². The van der Waals surface area contributed by atoms with Crippen molar-refractivity contribution >= 4 is 5.78 Å². The van der Waals surface area contributed by atoms with Gasteiger partial charge in [0.05, 0.1) is 13.0 Å². The summed E-state index contributed by atoms with van der Waals surface area (Å²) in [5, 5.41) is 0. The van der Waals surface area contributed by atoms with Gasteiger partial charge < -0.3 is 9.15 Å². The van der Waals surface area contributed by atoms with Crippen LogP contribution in [0.1, 0.15) is 18.2 Å². The maximum absolute atomic E-state index is 11.0. The molecule has 0 aliphatic carbocycles. The highest BCUT2D eigenvalue weighted by Crippen LogP contribution is 2.26. The Bertz CT molecular complexity index is 540. The number of hydrogen-bond donors (Lipinski definition) is 0. The predicted octanol–water partition coefficient (Wildman–Crippen LogP) is 3.22. The Kier molecular flexibility index (Phi) is 3.95. The first kappa shape index (κ1) is 12.6. The molecule has 0 saturated carbocycles. The normalized spacial score (nSPS) is 10.6. The van der Waals surface area contributed by atoms with Crippen molar-refractivity contribution in [2.75, 3.05) is 7.11 Å². The van der Waals surface area contributed by atoms with Crippen molar-refractivity contribution in [3.63, 3.8) is 0 Å². The lowest BCUT2D eigenvalue weighted by Gasteiger charge is -2.05. The summed E-state index contributed by atoms with van der Waals surface area (Å²) in [5.74, 6) is 1.57. The van der Waals surface area contributed by atoms with Gasteiger partial charge in [0.15, 0.2) is 0 Å². The van der Waals surface area contributed by atoms with Gasteiger partial charge in [-0.05, 0) is 24.6 Å². The van der Waals surface area contributed by atoms with Gasteiger partial charge in [-0.2, -0.15) is 0 Å². The fourth-order valence-corrected chi connectivity index (χ4v) is 1.91. The zero-order valence-corrected chi connectivity index (χ0v) is 10.6. The van der Waals surface area contributed by atoms with E-state index in [9.17, 15) is 4.79 Å². The van der Waals surface area contributed by atoms with E-state index in [1.54, 1.807) is 14.0 Å². The molecule has 0 spiro atoms. The SMILES string of the molecule is COCc1ccccc1-c1ccc(CC(C)=O)o1. The number of rotatable bonds is 5. The highest BCUT2D eigenvalue weighted by molar-refractivity contribution is 5.77. The number of methoxy groups -OCH3 is 1. The van der Waals surface area contributed by atoms with Gasteiger partial charge in [-0.1, -0.05) is 24.3 Å². The van der Waals surface area contributed by atoms with Crippen molar-refractivity contribution in [1.29, 1.82) is 0 Å². The number of ketones is 1. The van der Waals surface area contributed by atoms with Crippen LogP contribution < -0.4 is 0 Å². The Morgan fingerprint density at radius 2 is 2.00 bits per heavy atom. The van der Waals surface area contributed by atoms with Gasteiger partial charge >= 0.3 is 0 Å². The van der Waals surface area contributed by atoms with Crippen LogP contribution in [0.25, 0.3) is 11.3 Å². The van der Waals surface area contributed by atoms with Crippen LogP contribution in [0.4, 0.5) is 0 Å². The standard InChI is InChI=1S/C15H16O3/c1-11(16)9-13-7-8-15(18-13)14-6-4-3-5-12(14)10-17-2/h3-8H,9-10H2,1-2H3. The summed E-state index contributed by atoms with van der Waals surface area (Å²) in [4.78, 5) is 11.0. The van der Waals surface area contributed by atoms with E-state index in [2.05, 4.69) is 0 Å². The summed E-state index contributed by atoms with van der Waals surface area (Å²) in [6.07, 6.45) is 0.340. The summed E-state index contributed by atoms with van der Waals surface area (Å²) < 4.78 is 10.9. The molecule has 0 amide bonds. The lowest BCUT2D eigenvalue weighted by atomic mass is 10.1. The van der Waals surface area contributed by atoms with Crippen LogP contribution in [-0.4, -0.2) is 12.9 Å². The summed E-state index contributed by atoms with van der Waals surface area (Å²) in [6, 6.07) is 11.7. The third-order valence-electron chi connectivity index (χ3n) is 2.67. The summed E-state index contributed by atoms with van der Waals surface area (Å²) in [5.41, 5.74) is 2.08. The Balaban J connectivity index is 2.30. The molecule has 0 atom stereocenters. The van der Waals surface area contributed by atoms with E-state index in [1.807, 2.05) is 36.4 Å². The molecule has 1 aromatic heterocycles. The first-order valence-corrected chi connectivity index (χ1v) is 5.86. The average molecular weight is 244 g/mol. The molecule has 2 rings (SSSR count). The first-order valence-electron chi connectivity index (χ1n) is 5.86. The zero-order valence-electron chi connectivity index (χ0n) is 10.6. The number of carbonyl (C=O) groups is 1. The quantitative estimate of drug-likeness (QED) is 0.810. The first-order chi connectivity index (χ1) is 8.70. The van der Waals surface area contributed by atoms with E-state index in [-0.39, 0.29) is 5.78 Å². The zero-order chi connectivity index (χ0) is 13.0. The minimum absolute atomic E-state index is 0.0982. The number of hydrogen-bond acceptors (Lipinski definition) is 3. The lowest BCUT2D eigenvalue weighted by Crippen LogP contribution is -1.93. The van der Waals surface area contributed by atoms with Crippen molar-refractivity contribution in [1.82, 2.24) is 0 Å². The summed E-state index contributed by atoms with van der Waals surface area (Å²) in [7, 11) is 1.67. The molecule has 2 aromatic rings. The summed E-state index contributed by atoms with van der Waals surface area (Å²) in [6.45, 7) is 2.10. The van der Waals surface area contributed by atoms with Crippen LogP contribution in [0.5, 0.6) is 0 Å². The van der Waals surface area contributed by atoms with Crippen molar-refractivity contribution < 1.29 is 13.9 Å². The van der Waals surface area contributed by atoms with Crippen LogP contribution in [0.3, 0.4) is 0 Å². The second-order valence-corrected chi connectivity index (χ2v) is 4.23. The number of Topliss-reactive ketones (excluding diaryl/α,β-unsaturated/α-hetero) is 1. The molecule has 3 heteroatoms. The Morgan fingerprint density at radius 1 is 1.22 bits per heavy atom. The molecular weight excluding hydrogens is 228 g/mol. The van der Waals surface area contributed by atoms with Crippen LogP contribution in [0.2, 0.25) is 0 Å². The molecule has 0 fully saturated rings. The van der Waals surface area contributed by atoms with Crippen LogP contribution in [0.15, 0.2) is 40.8 Å². The van der Waals surface area contributed by atoms with Crippen LogP contribution in [0, 0.1) is 0 Å². The number of carbonyl (C=O) groups excluding carboxylic acids is 1. The molecule has 0 aliphatic rings. The minimum atomic E-state index is 0.0982. The number of furan rings is 1. The highest BCUT2D eigenvalue weighted by Gasteiger charge is 2.10. The maximum atomic E-state index is 11.0. The molecule has 94 valence electrons. The van der Waals surface area contributed by atoms with Gasteiger partial charge in [0, 0.05) is 12.7 Å². The smallest absolute Gasteiger partial charge is 0.137 e. The van der Waals surface area contributed by atoms with E-state index in [1.165, 1.54) is 0 Å². The van der Waals surface area contributed by atoms with Gasteiger partial charge in [0.25, 0.3) is 0 Å². The second kappa shape index (κ2) is 5.65. The van der Waals surface area contributed by atoms with Crippen molar-refractivity contribution in [3.8, 4) is 11.3 Å². The third-order valence-corrected chi connectivity index (χ3v) is 2.67. The Morgan fingerprint density at radius 3 is 2.72 bits per heavy atom. The topological polar surface area (TPSA) is 39.4 Å². The van der Waals surface area contributed by atoms with Gasteiger partial charge in [-0.25, -0.2) is 0 Å². The molecule has 1 heterocycles. The Hall–Kier alpha value is -1.87. The monoisotopic (exact) mass is 244 g/mol. The fourth-order valence-electron chi connectivity index (χ4n) is 1.91. The molecule has 3 nitrogen and oxygen atoms in total. The fraction of sp³-hybridized carbons (Fsp3) is 0.267. The number of ether oxygens (including phenoxy) is 1. The molecule has 0 radical (unpaired) electrons. The van der Waals surface area contributed by atoms with Gasteiger partial charge in [-0.15, -0.1) is 0 Å². The minimum Gasteiger partial charge on any atom is -0.461 e. The summed E-state index contributed by atoms with van der Waals surface area (Å²) >= 11 is 0. The average Bonchev–Trinajstić information content (AvgIpc) is 2.77. The van der Waals surface area contributed by atoms with Gasteiger partial charge in [0.2, 0.25) is 0 Å². The third kappa shape index (κ3) is 2.87. The largest absolute Gasteiger partial charge is 0.461 e. The molecule has 0 unspecified atom stereocenters. The van der Waals surface area contributed by atoms with Crippen LogP contribution in [-0.2, 0) is 22.6 Å². The molecule has 1 aromatic carbocycles. The molecule has 0 saturated heterocycles.